The second-order valence-corrected chi connectivity index (χ2v) is 8.10. The normalized spacial score (nSPS) is 14.0. The number of aryl methyl sites for hydroxylation is 3. The number of aromatic nitrogens is 2. The summed E-state index contributed by atoms with van der Waals surface area (Å²) < 4.78 is 5.43. The summed E-state index contributed by atoms with van der Waals surface area (Å²) in [5.74, 6) is -0.162. The molecule has 3 aromatic rings. The zero-order valence-corrected chi connectivity index (χ0v) is 17.2. The highest BCUT2D eigenvalue weighted by Crippen LogP contribution is 2.24. The number of carbonyl (C=O) groups is 1. The van der Waals surface area contributed by atoms with Gasteiger partial charge in [0, 0.05) is 30.8 Å². The van der Waals surface area contributed by atoms with Crippen LogP contribution in [0.5, 0.6) is 0 Å². The van der Waals surface area contributed by atoms with Gasteiger partial charge in [-0.05, 0) is 36.6 Å². The first-order valence-electron chi connectivity index (χ1n) is 9.80. The van der Waals surface area contributed by atoms with Crippen LogP contribution < -0.4 is 10.2 Å². The third-order valence-electron chi connectivity index (χ3n) is 4.98. The van der Waals surface area contributed by atoms with Crippen molar-refractivity contribution in [1.29, 1.82) is 0 Å². The summed E-state index contributed by atoms with van der Waals surface area (Å²) in [4.78, 5) is 15.0. The van der Waals surface area contributed by atoms with Gasteiger partial charge in [0.1, 0.15) is 5.01 Å². The number of nitrogens with one attached hydrogen (secondary N) is 1. The Morgan fingerprint density at radius 3 is 2.69 bits per heavy atom. The third-order valence-corrected chi connectivity index (χ3v) is 5.88. The van der Waals surface area contributed by atoms with E-state index in [2.05, 4.69) is 39.5 Å². The molecule has 2 aromatic carbocycles. The highest BCUT2D eigenvalue weighted by Gasteiger charge is 2.17. The number of carbonyl (C=O) groups excluding carboxylic acids is 1. The van der Waals surface area contributed by atoms with Crippen molar-refractivity contribution in [3.63, 3.8) is 0 Å². The van der Waals surface area contributed by atoms with Crippen molar-refractivity contribution in [3.05, 3.63) is 70.2 Å². The zero-order chi connectivity index (χ0) is 20.1. The van der Waals surface area contributed by atoms with Gasteiger partial charge in [0.15, 0.2) is 0 Å². The Morgan fingerprint density at radius 2 is 1.90 bits per heavy atom. The zero-order valence-electron chi connectivity index (χ0n) is 16.4. The van der Waals surface area contributed by atoms with E-state index in [1.54, 1.807) is 0 Å². The number of rotatable bonds is 6. The minimum atomic E-state index is -0.162. The first-order chi connectivity index (χ1) is 14.2. The molecule has 1 fully saturated rings. The number of ether oxygens (including phenoxy) is 1. The molecule has 4 rings (SSSR count). The molecule has 0 radical (unpaired) electrons. The van der Waals surface area contributed by atoms with E-state index in [9.17, 15) is 4.79 Å². The Hall–Kier alpha value is -2.77. The lowest BCUT2D eigenvalue weighted by atomic mass is 10.1. The second-order valence-electron chi connectivity index (χ2n) is 7.04. The van der Waals surface area contributed by atoms with E-state index in [-0.39, 0.29) is 5.91 Å². The van der Waals surface area contributed by atoms with Crippen molar-refractivity contribution in [3.8, 4) is 0 Å². The van der Waals surface area contributed by atoms with Crippen LogP contribution in [0, 0.1) is 6.92 Å². The first-order valence-corrected chi connectivity index (χ1v) is 10.6. The average Bonchev–Trinajstić information content (AvgIpc) is 3.21. The van der Waals surface area contributed by atoms with Gasteiger partial charge in [0.05, 0.1) is 13.2 Å². The monoisotopic (exact) mass is 408 g/mol. The molecule has 150 valence electrons. The first kappa shape index (κ1) is 19.5. The maximum Gasteiger partial charge on any atom is 0.257 e. The predicted molar refractivity (Wildman–Crippen MR) is 116 cm³/mol. The molecule has 7 heteroatoms. The fourth-order valence-corrected chi connectivity index (χ4v) is 4.10. The van der Waals surface area contributed by atoms with Crippen LogP contribution in [0.15, 0.2) is 48.5 Å². The van der Waals surface area contributed by atoms with Crippen LogP contribution in [-0.4, -0.2) is 42.4 Å². The molecule has 1 aromatic heterocycles. The van der Waals surface area contributed by atoms with Crippen molar-refractivity contribution < 1.29 is 9.53 Å². The fourth-order valence-electron chi connectivity index (χ4n) is 3.37. The minimum absolute atomic E-state index is 0.162. The molecule has 6 nitrogen and oxygen atoms in total. The van der Waals surface area contributed by atoms with Gasteiger partial charge >= 0.3 is 0 Å². The van der Waals surface area contributed by atoms with Gasteiger partial charge in [-0.15, -0.1) is 10.2 Å². The van der Waals surface area contributed by atoms with E-state index in [0.717, 1.165) is 42.2 Å². The topological polar surface area (TPSA) is 67.4 Å². The molecule has 1 aliphatic heterocycles. The number of hydrogen-bond acceptors (Lipinski definition) is 6. The van der Waals surface area contributed by atoms with E-state index in [1.807, 2.05) is 36.4 Å². The number of anilines is 2. The molecule has 0 bridgehead atoms. The molecule has 0 saturated carbocycles. The Balaban J connectivity index is 1.40. The van der Waals surface area contributed by atoms with Crippen molar-refractivity contribution >= 4 is 28.1 Å². The smallest absolute Gasteiger partial charge is 0.257 e. The van der Waals surface area contributed by atoms with Crippen molar-refractivity contribution in [2.45, 2.75) is 19.8 Å². The molecule has 0 aliphatic carbocycles. The molecular formula is C22H24N4O2S. The lowest BCUT2D eigenvalue weighted by Gasteiger charge is -2.30. The molecule has 2 heterocycles. The summed E-state index contributed by atoms with van der Waals surface area (Å²) in [5, 5.41) is 12.7. The maximum absolute atomic E-state index is 12.7. The van der Waals surface area contributed by atoms with Gasteiger partial charge in [0.2, 0.25) is 5.13 Å². The van der Waals surface area contributed by atoms with Crippen LogP contribution in [0.3, 0.4) is 0 Å². The van der Waals surface area contributed by atoms with Gasteiger partial charge in [-0.1, -0.05) is 47.7 Å². The Labute approximate surface area is 174 Å². The largest absolute Gasteiger partial charge is 0.378 e. The Kier molecular flexibility index (Phi) is 6.17. The molecule has 1 saturated heterocycles. The van der Waals surface area contributed by atoms with Crippen molar-refractivity contribution in [1.82, 2.24) is 10.2 Å². The molecule has 1 N–H and O–H groups in total. The molecule has 29 heavy (non-hydrogen) atoms. The lowest BCUT2D eigenvalue weighted by Crippen LogP contribution is -2.36. The van der Waals surface area contributed by atoms with E-state index in [4.69, 9.17) is 4.74 Å². The van der Waals surface area contributed by atoms with Crippen LogP contribution in [0.2, 0.25) is 0 Å². The molecule has 1 amide bonds. The van der Waals surface area contributed by atoms with Gasteiger partial charge in [-0.2, -0.15) is 0 Å². The Morgan fingerprint density at radius 1 is 1.10 bits per heavy atom. The van der Waals surface area contributed by atoms with Crippen molar-refractivity contribution in [2.75, 3.05) is 36.5 Å². The minimum Gasteiger partial charge on any atom is -0.378 e. The molecule has 0 unspecified atom stereocenters. The summed E-state index contributed by atoms with van der Waals surface area (Å²) in [7, 11) is 0. The molecule has 1 aliphatic rings. The van der Waals surface area contributed by atoms with Crippen LogP contribution >= 0.6 is 11.3 Å². The highest BCUT2D eigenvalue weighted by molar-refractivity contribution is 7.15. The Bertz CT molecular complexity index is 968. The second kappa shape index (κ2) is 9.15. The standard InChI is InChI=1S/C22H24N4O2S/c1-16-7-9-18(15-19(16)26-11-13-28-14-12-26)21(27)23-22-25-24-20(29-22)10-8-17-5-3-2-4-6-17/h2-7,9,15H,8,10-14H2,1H3,(H,23,25,27). The summed E-state index contributed by atoms with van der Waals surface area (Å²) in [6.07, 6.45) is 1.72. The highest BCUT2D eigenvalue weighted by atomic mass is 32.1. The average molecular weight is 409 g/mol. The van der Waals surface area contributed by atoms with Gasteiger partial charge < -0.3 is 9.64 Å². The van der Waals surface area contributed by atoms with E-state index in [0.29, 0.717) is 23.9 Å². The molecular weight excluding hydrogens is 384 g/mol. The third kappa shape index (κ3) is 4.99. The van der Waals surface area contributed by atoms with E-state index in [1.165, 1.54) is 16.9 Å². The predicted octanol–water partition coefficient (Wildman–Crippen LogP) is 3.72. The van der Waals surface area contributed by atoms with E-state index >= 15 is 0 Å². The summed E-state index contributed by atoms with van der Waals surface area (Å²) >= 11 is 1.43. The van der Waals surface area contributed by atoms with Crippen molar-refractivity contribution in [2.24, 2.45) is 0 Å². The van der Waals surface area contributed by atoms with Crippen LogP contribution in [0.1, 0.15) is 26.5 Å². The van der Waals surface area contributed by atoms with Crippen LogP contribution in [-0.2, 0) is 17.6 Å². The quantitative estimate of drug-likeness (QED) is 0.673. The van der Waals surface area contributed by atoms with Crippen LogP contribution in [0.25, 0.3) is 0 Å². The summed E-state index contributed by atoms with van der Waals surface area (Å²) in [5.41, 5.74) is 4.13. The van der Waals surface area contributed by atoms with Crippen LogP contribution in [0.4, 0.5) is 10.8 Å². The summed E-state index contributed by atoms with van der Waals surface area (Å²) in [6.45, 7) is 5.18. The van der Waals surface area contributed by atoms with Gasteiger partial charge in [-0.25, -0.2) is 0 Å². The van der Waals surface area contributed by atoms with Gasteiger partial charge in [-0.3, -0.25) is 10.1 Å². The fraction of sp³-hybridized carbons (Fsp3) is 0.318. The number of hydrogen-bond donors (Lipinski definition) is 1. The molecule has 0 spiro atoms. The number of morpholine rings is 1. The lowest BCUT2D eigenvalue weighted by molar-refractivity contribution is 0.102. The summed E-state index contributed by atoms with van der Waals surface area (Å²) in [6, 6.07) is 16.1. The number of benzene rings is 2. The maximum atomic E-state index is 12.7. The SMILES string of the molecule is Cc1ccc(C(=O)Nc2nnc(CCc3ccccc3)s2)cc1N1CCOCC1. The van der Waals surface area contributed by atoms with Gasteiger partial charge in [0.25, 0.3) is 5.91 Å². The number of amides is 1. The number of nitrogens with zero attached hydrogens (tertiary/aromatic N) is 3. The van der Waals surface area contributed by atoms with E-state index < -0.39 is 0 Å². The molecule has 0 atom stereocenters.